The fourth-order valence-corrected chi connectivity index (χ4v) is 2.86. The fraction of sp³-hybridized carbons (Fsp3) is 0.250. The van der Waals surface area contributed by atoms with E-state index in [0.29, 0.717) is 11.3 Å². The number of aromatic amines is 1. The lowest BCUT2D eigenvalue weighted by Crippen LogP contribution is -2.03. The summed E-state index contributed by atoms with van der Waals surface area (Å²) in [6.45, 7) is 4.45. The van der Waals surface area contributed by atoms with Crippen molar-refractivity contribution in [1.29, 1.82) is 0 Å². The van der Waals surface area contributed by atoms with Gasteiger partial charge in [-0.1, -0.05) is 11.2 Å². The van der Waals surface area contributed by atoms with E-state index >= 15 is 0 Å². The van der Waals surface area contributed by atoms with Crippen LogP contribution in [0.3, 0.4) is 0 Å². The van der Waals surface area contributed by atoms with Crippen LogP contribution in [0.25, 0.3) is 10.7 Å². The van der Waals surface area contributed by atoms with E-state index in [1.54, 1.807) is 11.3 Å². The molecule has 0 saturated carbocycles. The van der Waals surface area contributed by atoms with Crippen LogP contribution in [-0.4, -0.2) is 19.9 Å². The van der Waals surface area contributed by atoms with Gasteiger partial charge in [-0.3, -0.25) is 9.67 Å². The first-order valence-electron chi connectivity index (χ1n) is 5.77. The number of thiophene rings is 1. The van der Waals surface area contributed by atoms with E-state index < -0.39 is 0 Å². The molecular weight excluding hydrogens is 280 g/mol. The van der Waals surface area contributed by atoms with Gasteiger partial charge in [0, 0.05) is 5.56 Å². The van der Waals surface area contributed by atoms with Gasteiger partial charge in [0.15, 0.2) is 10.6 Å². The molecule has 0 saturated heterocycles. The van der Waals surface area contributed by atoms with Crippen LogP contribution in [0.2, 0.25) is 0 Å². The molecular formula is C12H12N4OS2. The fourth-order valence-electron chi connectivity index (χ4n) is 1.94. The summed E-state index contributed by atoms with van der Waals surface area (Å²) in [5, 5.41) is 13.1. The Morgan fingerprint density at radius 2 is 2.32 bits per heavy atom. The second kappa shape index (κ2) is 4.75. The summed E-state index contributed by atoms with van der Waals surface area (Å²) in [5.41, 5.74) is 1.94. The molecule has 3 heterocycles. The molecule has 0 atom stereocenters. The van der Waals surface area contributed by atoms with Crippen LogP contribution in [0.5, 0.6) is 0 Å². The van der Waals surface area contributed by atoms with Crippen molar-refractivity contribution in [1.82, 2.24) is 19.9 Å². The number of aryl methyl sites for hydroxylation is 2. The molecule has 7 heteroatoms. The number of nitrogens with one attached hydrogen (secondary N) is 1. The summed E-state index contributed by atoms with van der Waals surface area (Å²) in [6, 6.07) is 4.03. The van der Waals surface area contributed by atoms with Crippen LogP contribution in [0.4, 0.5) is 0 Å². The van der Waals surface area contributed by atoms with Crippen molar-refractivity contribution in [2.45, 2.75) is 20.4 Å². The largest absolute Gasteiger partial charge is 0.361 e. The minimum Gasteiger partial charge on any atom is -0.361 e. The summed E-state index contributed by atoms with van der Waals surface area (Å²) >= 11 is 6.94. The molecule has 0 aliphatic heterocycles. The minimum absolute atomic E-state index is 0.600. The third-order valence-electron chi connectivity index (χ3n) is 3.00. The summed E-state index contributed by atoms with van der Waals surface area (Å²) in [5.74, 6) is 1.66. The van der Waals surface area contributed by atoms with Crippen molar-refractivity contribution >= 4 is 23.6 Å². The lowest BCUT2D eigenvalue weighted by molar-refractivity contribution is 0.392. The maximum Gasteiger partial charge on any atom is 0.195 e. The van der Waals surface area contributed by atoms with E-state index in [-0.39, 0.29) is 0 Å². The molecule has 0 aromatic carbocycles. The first-order valence-corrected chi connectivity index (χ1v) is 7.06. The molecule has 0 fully saturated rings. The molecule has 98 valence electrons. The Morgan fingerprint density at radius 1 is 1.47 bits per heavy atom. The Morgan fingerprint density at radius 3 is 2.95 bits per heavy atom. The number of hydrogen-bond donors (Lipinski definition) is 1. The molecule has 0 aliphatic rings. The van der Waals surface area contributed by atoms with E-state index in [0.717, 1.165) is 27.7 Å². The van der Waals surface area contributed by atoms with E-state index in [4.69, 9.17) is 16.7 Å². The zero-order chi connectivity index (χ0) is 13.4. The van der Waals surface area contributed by atoms with Crippen LogP contribution < -0.4 is 0 Å². The predicted molar refractivity (Wildman–Crippen MR) is 75.8 cm³/mol. The molecule has 3 aromatic heterocycles. The van der Waals surface area contributed by atoms with Gasteiger partial charge < -0.3 is 4.52 Å². The zero-order valence-corrected chi connectivity index (χ0v) is 12.1. The SMILES string of the molecule is Cc1noc(C)c1Cn1c(-c2cccs2)n[nH]c1=S. The third kappa shape index (κ3) is 2.15. The number of H-pyrrole nitrogens is 1. The van der Waals surface area contributed by atoms with Crippen LogP contribution in [0.1, 0.15) is 17.0 Å². The summed E-state index contributed by atoms with van der Waals surface area (Å²) < 4.78 is 7.76. The monoisotopic (exact) mass is 292 g/mol. The molecule has 19 heavy (non-hydrogen) atoms. The lowest BCUT2D eigenvalue weighted by atomic mass is 10.2. The van der Waals surface area contributed by atoms with Crippen LogP contribution in [-0.2, 0) is 6.54 Å². The first kappa shape index (κ1) is 12.3. The van der Waals surface area contributed by atoms with E-state index in [1.807, 2.05) is 35.9 Å². The molecule has 3 rings (SSSR count). The van der Waals surface area contributed by atoms with Crippen LogP contribution in [0, 0.1) is 18.6 Å². The van der Waals surface area contributed by atoms with Gasteiger partial charge in [0.05, 0.1) is 17.1 Å². The quantitative estimate of drug-likeness (QED) is 0.752. The van der Waals surface area contributed by atoms with Gasteiger partial charge in [0.25, 0.3) is 0 Å². The highest BCUT2D eigenvalue weighted by atomic mass is 32.1. The maximum atomic E-state index is 5.30. The average Bonchev–Trinajstić information content (AvgIpc) is 3.08. The highest BCUT2D eigenvalue weighted by Gasteiger charge is 2.15. The van der Waals surface area contributed by atoms with E-state index in [9.17, 15) is 0 Å². The molecule has 1 N–H and O–H groups in total. The maximum absolute atomic E-state index is 5.30. The summed E-state index contributed by atoms with van der Waals surface area (Å²) in [4.78, 5) is 1.08. The highest BCUT2D eigenvalue weighted by molar-refractivity contribution is 7.71. The van der Waals surface area contributed by atoms with E-state index in [1.165, 1.54) is 0 Å². The van der Waals surface area contributed by atoms with Crippen molar-refractivity contribution in [2.75, 3.05) is 0 Å². The number of aromatic nitrogens is 4. The molecule has 0 spiro atoms. The van der Waals surface area contributed by atoms with Crippen molar-refractivity contribution < 1.29 is 4.52 Å². The topological polar surface area (TPSA) is 59.6 Å². The highest BCUT2D eigenvalue weighted by Crippen LogP contribution is 2.24. The van der Waals surface area contributed by atoms with Gasteiger partial charge in [-0.25, -0.2) is 0 Å². The molecule has 0 amide bonds. The Balaban J connectivity index is 2.07. The summed E-state index contributed by atoms with van der Waals surface area (Å²) in [7, 11) is 0. The predicted octanol–water partition coefficient (Wildman–Crippen LogP) is 3.32. The number of nitrogens with zero attached hydrogens (tertiary/aromatic N) is 3. The average molecular weight is 292 g/mol. The van der Waals surface area contributed by atoms with Gasteiger partial charge in [0.1, 0.15) is 5.76 Å². The third-order valence-corrected chi connectivity index (χ3v) is 4.17. The number of rotatable bonds is 3. The standard InChI is InChI=1S/C12H12N4OS2/c1-7-9(8(2)17-15-7)6-16-11(13-14-12(16)18)10-4-3-5-19-10/h3-5H,6H2,1-2H3,(H,14,18). The van der Waals surface area contributed by atoms with Crippen LogP contribution in [0.15, 0.2) is 22.0 Å². The Kier molecular flexibility index (Phi) is 3.08. The van der Waals surface area contributed by atoms with E-state index in [2.05, 4.69) is 15.4 Å². The summed E-state index contributed by atoms with van der Waals surface area (Å²) in [6.07, 6.45) is 0. The smallest absolute Gasteiger partial charge is 0.195 e. The van der Waals surface area contributed by atoms with Crippen molar-refractivity contribution in [2.24, 2.45) is 0 Å². The molecule has 5 nitrogen and oxygen atoms in total. The number of hydrogen-bond acceptors (Lipinski definition) is 5. The van der Waals surface area contributed by atoms with Crippen molar-refractivity contribution in [3.05, 3.63) is 39.3 Å². The Hall–Kier alpha value is -1.73. The molecule has 0 unspecified atom stereocenters. The van der Waals surface area contributed by atoms with Gasteiger partial charge in [0.2, 0.25) is 0 Å². The first-order chi connectivity index (χ1) is 9.16. The zero-order valence-electron chi connectivity index (χ0n) is 10.5. The van der Waals surface area contributed by atoms with Crippen LogP contribution >= 0.6 is 23.6 Å². The van der Waals surface area contributed by atoms with Gasteiger partial charge >= 0.3 is 0 Å². The molecule has 0 bridgehead atoms. The van der Waals surface area contributed by atoms with Crippen molar-refractivity contribution in [3.63, 3.8) is 0 Å². The van der Waals surface area contributed by atoms with Gasteiger partial charge in [-0.2, -0.15) is 5.10 Å². The molecule has 0 aliphatic carbocycles. The Bertz CT molecular complexity index is 732. The minimum atomic E-state index is 0.600. The second-order valence-electron chi connectivity index (χ2n) is 4.22. The second-order valence-corrected chi connectivity index (χ2v) is 5.55. The molecule has 3 aromatic rings. The van der Waals surface area contributed by atoms with Gasteiger partial charge in [-0.05, 0) is 37.5 Å². The van der Waals surface area contributed by atoms with Gasteiger partial charge in [-0.15, -0.1) is 11.3 Å². The normalized spacial score (nSPS) is 11.1. The lowest BCUT2D eigenvalue weighted by Gasteiger charge is -2.04. The van der Waals surface area contributed by atoms with Crippen molar-refractivity contribution in [3.8, 4) is 10.7 Å². The molecule has 0 radical (unpaired) electrons. The Labute approximate surface area is 118 Å².